The number of amides is 2. The van der Waals surface area contributed by atoms with E-state index in [4.69, 9.17) is 0 Å². The standard InChI is InChI=1S/C28H32FN3O4S/c1-20-14-21(2)16-24(15-20)32(37(4,35)36)19-27(33)31(18-23-12-8-9-13-25(23)29)26(28(34)30-3)17-22-10-6-5-7-11-22/h5-16,26H,17-19H2,1-4H3,(H,30,34)/t26-/m0/s1. The fourth-order valence-electron chi connectivity index (χ4n) is 4.24. The summed E-state index contributed by atoms with van der Waals surface area (Å²) in [5, 5.41) is 2.59. The maximum Gasteiger partial charge on any atom is 0.244 e. The number of nitrogens with zero attached hydrogens (tertiary/aromatic N) is 2. The number of carbonyl (C=O) groups excluding carboxylic acids is 2. The van der Waals surface area contributed by atoms with E-state index in [1.165, 1.54) is 30.1 Å². The van der Waals surface area contributed by atoms with Crippen molar-refractivity contribution < 1.29 is 22.4 Å². The Labute approximate surface area is 218 Å². The van der Waals surface area contributed by atoms with Crippen LogP contribution in [0, 0.1) is 19.7 Å². The second-order valence-corrected chi connectivity index (χ2v) is 11.0. The Morgan fingerprint density at radius 3 is 2.11 bits per heavy atom. The van der Waals surface area contributed by atoms with Crippen molar-refractivity contribution in [3.8, 4) is 0 Å². The second kappa shape index (κ2) is 12.0. The Morgan fingerprint density at radius 1 is 0.946 bits per heavy atom. The highest BCUT2D eigenvalue weighted by Gasteiger charge is 2.33. The Morgan fingerprint density at radius 2 is 1.54 bits per heavy atom. The summed E-state index contributed by atoms with van der Waals surface area (Å²) in [6.45, 7) is 2.93. The number of rotatable bonds is 10. The van der Waals surface area contributed by atoms with Crippen LogP contribution in [0.5, 0.6) is 0 Å². The number of benzene rings is 3. The van der Waals surface area contributed by atoms with Gasteiger partial charge in [-0.15, -0.1) is 0 Å². The maximum atomic E-state index is 14.6. The zero-order chi connectivity index (χ0) is 27.2. The fourth-order valence-corrected chi connectivity index (χ4v) is 5.07. The minimum absolute atomic E-state index is 0.170. The largest absolute Gasteiger partial charge is 0.357 e. The third-order valence-electron chi connectivity index (χ3n) is 5.99. The zero-order valence-electron chi connectivity index (χ0n) is 21.4. The molecule has 3 aromatic rings. The van der Waals surface area contributed by atoms with Gasteiger partial charge in [0.15, 0.2) is 0 Å². The van der Waals surface area contributed by atoms with Gasteiger partial charge in [0.2, 0.25) is 21.8 Å². The Kier molecular flexibility index (Phi) is 9.04. The van der Waals surface area contributed by atoms with Gasteiger partial charge in [-0.05, 0) is 48.7 Å². The van der Waals surface area contributed by atoms with Crippen LogP contribution in [0.4, 0.5) is 10.1 Å². The molecule has 37 heavy (non-hydrogen) atoms. The molecule has 0 radical (unpaired) electrons. The summed E-state index contributed by atoms with van der Waals surface area (Å²) in [5.74, 6) is -1.59. The van der Waals surface area contributed by atoms with Crippen LogP contribution in [0.25, 0.3) is 0 Å². The van der Waals surface area contributed by atoms with Gasteiger partial charge in [-0.3, -0.25) is 13.9 Å². The molecule has 9 heteroatoms. The van der Waals surface area contributed by atoms with Crippen molar-refractivity contribution in [3.63, 3.8) is 0 Å². The van der Waals surface area contributed by atoms with Crippen molar-refractivity contribution in [3.05, 3.63) is 101 Å². The summed E-state index contributed by atoms with van der Waals surface area (Å²) < 4.78 is 41.3. The summed E-state index contributed by atoms with van der Waals surface area (Å²) in [7, 11) is -2.40. The van der Waals surface area contributed by atoms with Gasteiger partial charge in [-0.25, -0.2) is 12.8 Å². The molecule has 0 aromatic heterocycles. The number of aryl methyl sites for hydroxylation is 2. The SMILES string of the molecule is CNC(=O)[C@H](Cc1ccccc1)N(Cc1ccccc1F)C(=O)CN(c1cc(C)cc(C)c1)S(C)(=O)=O. The molecule has 0 aliphatic carbocycles. The maximum absolute atomic E-state index is 14.6. The number of hydrogen-bond acceptors (Lipinski definition) is 4. The highest BCUT2D eigenvalue weighted by molar-refractivity contribution is 7.92. The molecular weight excluding hydrogens is 493 g/mol. The lowest BCUT2D eigenvalue weighted by molar-refractivity contribution is -0.139. The van der Waals surface area contributed by atoms with Crippen LogP contribution < -0.4 is 9.62 Å². The molecule has 0 bridgehead atoms. The third kappa shape index (κ3) is 7.39. The highest BCUT2D eigenvalue weighted by Crippen LogP contribution is 2.23. The van der Waals surface area contributed by atoms with Gasteiger partial charge < -0.3 is 10.2 Å². The minimum Gasteiger partial charge on any atom is -0.357 e. The van der Waals surface area contributed by atoms with E-state index in [-0.39, 0.29) is 18.5 Å². The van der Waals surface area contributed by atoms with Crippen molar-refractivity contribution in [2.75, 3.05) is 24.2 Å². The molecule has 0 aliphatic heterocycles. The molecule has 3 aromatic carbocycles. The number of hydrogen-bond donors (Lipinski definition) is 1. The van der Waals surface area contributed by atoms with E-state index in [1.807, 2.05) is 50.2 Å². The van der Waals surface area contributed by atoms with E-state index in [1.54, 1.807) is 18.2 Å². The number of nitrogens with one attached hydrogen (secondary N) is 1. The summed E-state index contributed by atoms with van der Waals surface area (Å²) >= 11 is 0. The van der Waals surface area contributed by atoms with Gasteiger partial charge in [0.25, 0.3) is 0 Å². The van der Waals surface area contributed by atoms with Gasteiger partial charge in [0.05, 0.1) is 11.9 Å². The molecular formula is C28H32FN3O4S. The highest BCUT2D eigenvalue weighted by atomic mass is 32.2. The molecule has 3 rings (SSSR count). The van der Waals surface area contributed by atoms with Crippen molar-refractivity contribution in [2.24, 2.45) is 0 Å². The smallest absolute Gasteiger partial charge is 0.244 e. The minimum atomic E-state index is -3.86. The van der Waals surface area contributed by atoms with Crippen LogP contribution in [0.2, 0.25) is 0 Å². The van der Waals surface area contributed by atoms with Crippen LogP contribution in [-0.2, 0) is 32.6 Å². The second-order valence-electron chi connectivity index (χ2n) is 9.05. The predicted octanol–water partition coefficient (Wildman–Crippen LogP) is 3.59. The van der Waals surface area contributed by atoms with E-state index >= 15 is 0 Å². The summed E-state index contributed by atoms with van der Waals surface area (Å²) in [5.41, 5.74) is 3.05. The van der Waals surface area contributed by atoms with Gasteiger partial charge in [0, 0.05) is 25.6 Å². The predicted molar refractivity (Wildman–Crippen MR) is 143 cm³/mol. The van der Waals surface area contributed by atoms with Gasteiger partial charge in [-0.2, -0.15) is 0 Å². The molecule has 0 aliphatic rings. The normalized spacial score (nSPS) is 12.0. The van der Waals surface area contributed by atoms with E-state index in [0.717, 1.165) is 27.3 Å². The monoisotopic (exact) mass is 525 g/mol. The molecule has 1 atom stereocenters. The number of anilines is 1. The molecule has 7 nitrogen and oxygen atoms in total. The fraction of sp³-hybridized carbons (Fsp3) is 0.286. The van der Waals surface area contributed by atoms with Crippen LogP contribution >= 0.6 is 0 Å². The summed E-state index contributed by atoms with van der Waals surface area (Å²) in [6, 6.07) is 19.4. The van der Waals surface area contributed by atoms with Gasteiger partial charge >= 0.3 is 0 Å². The lowest BCUT2D eigenvalue weighted by Crippen LogP contribution is -2.53. The van der Waals surface area contributed by atoms with Crippen molar-refractivity contribution in [1.82, 2.24) is 10.2 Å². The van der Waals surface area contributed by atoms with Crippen molar-refractivity contribution in [1.29, 1.82) is 0 Å². The number of halogens is 1. The van der Waals surface area contributed by atoms with E-state index in [2.05, 4.69) is 5.32 Å². The molecule has 1 N–H and O–H groups in total. The molecule has 0 saturated carbocycles. The lowest BCUT2D eigenvalue weighted by atomic mass is 10.0. The first kappa shape index (κ1) is 27.9. The van der Waals surface area contributed by atoms with Crippen LogP contribution in [0.15, 0.2) is 72.8 Å². The quantitative estimate of drug-likeness (QED) is 0.438. The first-order chi connectivity index (χ1) is 17.5. The Bertz CT molecular complexity index is 1340. The zero-order valence-corrected chi connectivity index (χ0v) is 22.3. The first-order valence-corrected chi connectivity index (χ1v) is 13.7. The van der Waals surface area contributed by atoms with Gasteiger partial charge in [-0.1, -0.05) is 54.6 Å². The van der Waals surface area contributed by atoms with Crippen molar-refractivity contribution in [2.45, 2.75) is 32.9 Å². The Hall–Kier alpha value is -3.72. The van der Waals surface area contributed by atoms with E-state index in [9.17, 15) is 22.4 Å². The molecule has 0 saturated heterocycles. The van der Waals surface area contributed by atoms with Crippen LogP contribution in [-0.4, -0.2) is 51.0 Å². The molecule has 0 unspecified atom stereocenters. The average molecular weight is 526 g/mol. The average Bonchev–Trinajstić information content (AvgIpc) is 2.84. The van der Waals surface area contributed by atoms with E-state index in [0.29, 0.717) is 5.69 Å². The summed E-state index contributed by atoms with van der Waals surface area (Å²) in [6.07, 6.45) is 1.20. The number of likely N-dealkylation sites (N-methyl/N-ethyl adjacent to an activating group) is 1. The number of carbonyl (C=O) groups is 2. The van der Waals surface area contributed by atoms with Crippen molar-refractivity contribution >= 4 is 27.5 Å². The van der Waals surface area contributed by atoms with E-state index < -0.39 is 40.2 Å². The lowest BCUT2D eigenvalue weighted by Gasteiger charge is -2.33. The third-order valence-corrected chi connectivity index (χ3v) is 7.13. The summed E-state index contributed by atoms with van der Waals surface area (Å²) in [4.78, 5) is 28.1. The van der Waals surface area contributed by atoms with Crippen LogP contribution in [0.1, 0.15) is 22.3 Å². The first-order valence-electron chi connectivity index (χ1n) is 11.8. The molecule has 2 amide bonds. The molecule has 0 spiro atoms. The van der Waals surface area contributed by atoms with Crippen LogP contribution in [0.3, 0.4) is 0 Å². The Balaban J connectivity index is 2.06. The molecule has 196 valence electrons. The van der Waals surface area contributed by atoms with Gasteiger partial charge in [0.1, 0.15) is 18.4 Å². The number of sulfonamides is 1. The topological polar surface area (TPSA) is 86.8 Å². The molecule has 0 heterocycles. The molecule has 0 fully saturated rings.